The monoisotopic (exact) mass is 321 g/mol. The van der Waals surface area contributed by atoms with Crippen LogP contribution in [0.25, 0.3) is 21.5 Å². The van der Waals surface area contributed by atoms with Crippen LogP contribution in [-0.2, 0) is 26.2 Å². The van der Waals surface area contributed by atoms with Crippen LogP contribution in [0.1, 0.15) is 7.79 Å². The molecule has 0 nitrogen and oxygen atoms in total. The first-order valence-electron chi connectivity index (χ1n) is 6.62. The van der Waals surface area contributed by atoms with Crippen molar-refractivity contribution in [3.8, 4) is 0 Å². The van der Waals surface area contributed by atoms with E-state index in [1.54, 1.807) is 0 Å². The molecule has 90 valence electrons. The molecule has 0 unspecified atom stereocenters. The van der Waals surface area contributed by atoms with E-state index in [1.807, 2.05) is 36.4 Å². The van der Waals surface area contributed by atoms with Crippen LogP contribution in [0.15, 0.2) is 72.8 Å². The summed E-state index contributed by atoms with van der Waals surface area (Å²) in [5.74, 6) is 0. The summed E-state index contributed by atoms with van der Waals surface area (Å²) in [7, 11) is 0. The standard InChI is InChI=1S/C13H9.C5H5.Zr/c1-3-7-12-10(5-1)9-11-6-2-4-8-13(11)12;1-2-4-5-3-1;/h1-9H;1-3H,4H2;/q2*-1;+2/i5D;;. The molecule has 1 aliphatic carbocycles. The Hall–Kier alpha value is -1.33. The van der Waals surface area contributed by atoms with Gasteiger partial charge in [-0.25, -0.2) is 12.2 Å². The van der Waals surface area contributed by atoms with Gasteiger partial charge in [-0.1, -0.05) is 36.4 Å². The van der Waals surface area contributed by atoms with Crippen LogP contribution in [0.4, 0.5) is 0 Å². The molecule has 3 aromatic carbocycles. The van der Waals surface area contributed by atoms with Gasteiger partial charge in [-0.15, -0.1) is 46.1 Å². The zero-order chi connectivity index (χ0) is 13.1. The largest absolute Gasteiger partial charge is 2.00 e. The Kier molecular flexibility index (Phi) is 4.49. The molecular formula is C18H14Zr. The van der Waals surface area contributed by atoms with E-state index in [4.69, 9.17) is 1.37 Å². The minimum atomic E-state index is 0. The Balaban J connectivity index is 0.000000210. The summed E-state index contributed by atoms with van der Waals surface area (Å²) in [5, 5.41) is 4.71. The SMILES string of the molecule is [2H]c1cccc2c1[cH-]c1ccccc12.[C-]1=CC=CC1.[Zr+2]. The predicted molar refractivity (Wildman–Crippen MR) is 78.6 cm³/mol. The van der Waals surface area contributed by atoms with Crippen molar-refractivity contribution in [1.29, 1.82) is 0 Å². The smallest absolute Gasteiger partial charge is 0.273 e. The fourth-order valence-corrected chi connectivity index (χ4v) is 2.17. The van der Waals surface area contributed by atoms with E-state index in [0.29, 0.717) is 6.04 Å². The maximum absolute atomic E-state index is 7.80. The van der Waals surface area contributed by atoms with Crippen molar-refractivity contribution in [3.63, 3.8) is 0 Å². The first-order valence-corrected chi connectivity index (χ1v) is 6.12. The van der Waals surface area contributed by atoms with Gasteiger partial charge in [0.05, 0.1) is 0 Å². The molecule has 0 amide bonds. The van der Waals surface area contributed by atoms with Crippen LogP contribution in [0.5, 0.6) is 0 Å². The summed E-state index contributed by atoms with van der Waals surface area (Å²) in [6.45, 7) is 0. The van der Waals surface area contributed by atoms with Crippen molar-refractivity contribution < 1.29 is 27.6 Å². The molecule has 0 spiro atoms. The van der Waals surface area contributed by atoms with E-state index in [1.165, 1.54) is 16.2 Å². The second kappa shape index (κ2) is 6.73. The Morgan fingerprint density at radius 3 is 2.42 bits per heavy atom. The van der Waals surface area contributed by atoms with Crippen LogP contribution < -0.4 is 0 Å². The first-order chi connectivity index (χ1) is 9.36. The Bertz CT molecular complexity index is 755. The molecule has 0 atom stereocenters. The molecule has 0 N–H and O–H groups in total. The minimum Gasteiger partial charge on any atom is -0.273 e. The summed E-state index contributed by atoms with van der Waals surface area (Å²) in [4.78, 5) is 0. The zero-order valence-electron chi connectivity index (χ0n) is 11.6. The quantitative estimate of drug-likeness (QED) is 0.510. The van der Waals surface area contributed by atoms with Gasteiger partial charge in [0.2, 0.25) is 0 Å². The number of benzene rings is 2. The third-order valence-corrected chi connectivity index (χ3v) is 3.02. The fourth-order valence-electron chi connectivity index (χ4n) is 2.17. The molecule has 19 heavy (non-hydrogen) atoms. The summed E-state index contributed by atoms with van der Waals surface area (Å²) >= 11 is 0. The van der Waals surface area contributed by atoms with E-state index in [-0.39, 0.29) is 26.2 Å². The summed E-state index contributed by atoms with van der Waals surface area (Å²) < 4.78 is 7.80. The molecule has 4 rings (SSSR count). The first kappa shape index (κ1) is 12.7. The van der Waals surface area contributed by atoms with Crippen molar-refractivity contribution in [2.24, 2.45) is 0 Å². The van der Waals surface area contributed by atoms with Gasteiger partial charge >= 0.3 is 26.2 Å². The second-order valence-electron chi connectivity index (χ2n) is 4.23. The number of fused-ring (bicyclic) bond motifs is 3. The third kappa shape index (κ3) is 3.17. The molecule has 0 bridgehead atoms. The van der Waals surface area contributed by atoms with Crippen molar-refractivity contribution in [2.45, 2.75) is 6.42 Å². The van der Waals surface area contributed by atoms with Gasteiger partial charge < -0.3 is 0 Å². The number of hydrogen-bond donors (Lipinski definition) is 0. The van der Waals surface area contributed by atoms with Crippen molar-refractivity contribution >= 4 is 21.5 Å². The summed E-state index contributed by atoms with van der Waals surface area (Å²) in [5.41, 5.74) is 0. The van der Waals surface area contributed by atoms with Crippen LogP contribution in [0.2, 0.25) is 0 Å². The minimum absolute atomic E-state index is 0. The van der Waals surface area contributed by atoms with Gasteiger partial charge in [0, 0.05) is 1.37 Å². The van der Waals surface area contributed by atoms with E-state index in [2.05, 4.69) is 36.4 Å². The van der Waals surface area contributed by atoms with E-state index in [9.17, 15) is 0 Å². The van der Waals surface area contributed by atoms with Crippen LogP contribution in [0, 0.1) is 6.08 Å². The van der Waals surface area contributed by atoms with Gasteiger partial charge in [-0.05, 0) is 0 Å². The third-order valence-electron chi connectivity index (χ3n) is 3.02. The zero-order valence-corrected chi connectivity index (χ0v) is 13.0. The van der Waals surface area contributed by atoms with E-state index < -0.39 is 0 Å². The Labute approximate surface area is 134 Å². The maximum Gasteiger partial charge on any atom is 2.00 e. The van der Waals surface area contributed by atoms with Gasteiger partial charge in [0.25, 0.3) is 0 Å². The van der Waals surface area contributed by atoms with Gasteiger partial charge in [0.1, 0.15) is 0 Å². The molecule has 0 saturated heterocycles. The molecule has 0 radical (unpaired) electrons. The summed E-state index contributed by atoms with van der Waals surface area (Å²) in [6, 6.07) is 16.8. The summed E-state index contributed by atoms with van der Waals surface area (Å²) in [6.07, 6.45) is 10.0. The van der Waals surface area contributed by atoms with Crippen molar-refractivity contribution in [3.05, 3.63) is 78.9 Å². The molecule has 1 aliphatic rings. The van der Waals surface area contributed by atoms with E-state index in [0.717, 1.165) is 11.8 Å². The predicted octanol–water partition coefficient (Wildman–Crippen LogP) is 5.02. The van der Waals surface area contributed by atoms with Crippen molar-refractivity contribution in [2.75, 3.05) is 0 Å². The Morgan fingerprint density at radius 1 is 1.00 bits per heavy atom. The topological polar surface area (TPSA) is 0 Å². The molecule has 0 heterocycles. The molecule has 3 aromatic rings. The van der Waals surface area contributed by atoms with Gasteiger partial charge in [0.15, 0.2) is 0 Å². The average Bonchev–Trinajstić information content (AvgIpc) is 3.10. The number of rotatable bonds is 0. The molecule has 0 aliphatic heterocycles. The number of hydrogen-bond acceptors (Lipinski definition) is 0. The maximum atomic E-state index is 7.80. The van der Waals surface area contributed by atoms with Crippen LogP contribution in [-0.4, -0.2) is 0 Å². The second-order valence-corrected chi connectivity index (χ2v) is 4.23. The fraction of sp³-hybridized carbons (Fsp3) is 0.0556. The molecular weight excluding hydrogens is 307 g/mol. The van der Waals surface area contributed by atoms with Gasteiger partial charge in [-0.2, -0.15) is 6.08 Å². The van der Waals surface area contributed by atoms with Crippen LogP contribution >= 0.6 is 0 Å². The molecule has 0 fully saturated rings. The molecule has 1 heteroatoms. The Morgan fingerprint density at radius 2 is 1.74 bits per heavy atom. The van der Waals surface area contributed by atoms with E-state index >= 15 is 0 Å². The normalized spacial score (nSPS) is 12.9. The number of allylic oxidation sites excluding steroid dienone is 4. The van der Waals surface area contributed by atoms with Gasteiger partial charge in [-0.3, -0.25) is 6.08 Å². The van der Waals surface area contributed by atoms with Crippen LogP contribution in [0.3, 0.4) is 0 Å². The van der Waals surface area contributed by atoms with Crippen molar-refractivity contribution in [1.82, 2.24) is 0 Å². The molecule has 0 saturated carbocycles. The molecule has 0 aromatic heterocycles. The average molecular weight is 323 g/mol.